The van der Waals surface area contributed by atoms with Gasteiger partial charge in [0.2, 0.25) is 12.1 Å². The molecule has 2 fully saturated rings. The SMILES string of the molecule is C=CC1C(OC2OC(CO)C(O)C(O)(O)C2O)OC=C(C(=O)OC2CCCC2)C1C=CC1=C[NH+](CCO)CC(C(=O)O)=C1NC(N)=NCCCO. The number of guanidine groups is 1. The number of hydrogen-bond acceptors (Lipinski definition) is 14. The third-order valence-electron chi connectivity index (χ3n) is 9.12. The Morgan fingerprint density at radius 3 is 2.49 bits per heavy atom. The number of nitrogens with one attached hydrogen (secondary N) is 2. The molecule has 12 N–H and O–H groups in total. The van der Waals surface area contributed by atoms with Gasteiger partial charge in [0.15, 0.2) is 18.4 Å². The Morgan fingerprint density at radius 2 is 1.86 bits per heavy atom. The highest BCUT2D eigenvalue weighted by molar-refractivity contribution is 5.92. The van der Waals surface area contributed by atoms with Crippen LogP contribution >= 0.6 is 0 Å². The number of carboxylic acids is 1. The van der Waals surface area contributed by atoms with E-state index in [1.54, 1.807) is 18.4 Å². The van der Waals surface area contributed by atoms with Crippen LogP contribution in [-0.4, -0.2) is 141 Å². The van der Waals surface area contributed by atoms with Crippen LogP contribution in [0, 0.1) is 11.8 Å². The number of aliphatic imine (C=N–C) groups is 1. The minimum Gasteiger partial charge on any atom is -0.478 e. The molecule has 1 aliphatic carbocycles. The summed E-state index contributed by atoms with van der Waals surface area (Å²) in [4.78, 5) is 30.7. The van der Waals surface area contributed by atoms with Gasteiger partial charge in [-0.1, -0.05) is 18.2 Å². The number of aliphatic carboxylic acids is 1. The van der Waals surface area contributed by atoms with Crippen molar-refractivity contribution in [3.8, 4) is 0 Å². The van der Waals surface area contributed by atoms with E-state index in [9.17, 15) is 45.3 Å². The number of allylic oxidation sites excluding steroid dienone is 2. The molecule has 1 saturated heterocycles. The number of ether oxygens (including phenoxy) is 4. The van der Waals surface area contributed by atoms with Crippen LogP contribution < -0.4 is 16.0 Å². The van der Waals surface area contributed by atoms with Crippen molar-refractivity contribution in [2.24, 2.45) is 22.6 Å². The molecule has 51 heavy (non-hydrogen) atoms. The molecule has 0 amide bonds. The van der Waals surface area contributed by atoms with E-state index >= 15 is 0 Å². The van der Waals surface area contributed by atoms with E-state index in [4.69, 9.17) is 29.8 Å². The fraction of sp³-hybridized carbons (Fsp3) is 0.606. The topological polar surface area (TPSA) is 288 Å². The predicted octanol–water partition coefficient (Wildman–Crippen LogP) is -3.78. The van der Waals surface area contributed by atoms with Crippen LogP contribution in [0.5, 0.6) is 0 Å². The van der Waals surface area contributed by atoms with E-state index in [1.807, 2.05) is 0 Å². The number of esters is 1. The van der Waals surface area contributed by atoms with Gasteiger partial charge in [0.1, 0.15) is 43.2 Å². The first-order valence-corrected chi connectivity index (χ1v) is 16.8. The molecule has 4 aliphatic rings. The van der Waals surface area contributed by atoms with Crippen LogP contribution in [-0.2, 0) is 28.5 Å². The number of carboxylic acid groups (broad SMARTS) is 1. The standard InChI is InChI=1S/C33H48N4O14/c1-2-20-21(9-8-18-14-37(11-13-39)15-22(28(43)44)25(18)36-32(34)35-10-5-12-38)23(29(45)49-19-6-3-4-7-19)17-48-30(20)51-31-27(42)33(46,47)26(41)24(16-40)50-31/h2,8-9,14,17,19-21,24,26-27,30-31,38-42,46-47H,1,3-7,10-13,15-16H2,(H,43,44)(H3,34,35,36)/p+1. The molecule has 284 valence electrons. The predicted molar refractivity (Wildman–Crippen MR) is 175 cm³/mol. The van der Waals surface area contributed by atoms with Gasteiger partial charge in [-0.15, -0.1) is 6.58 Å². The molecule has 18 nitrogen and oxygen atoms in total. The number of rotatable bonds is 15. The summed E-state index contributed by atoms with van der Waals surface area (Å²) in [6.07, 6.45) is 1.40. The molecule has 4 rings (SSSR count). The Morgan fingerprint density at radius 1 is 1.14 bits per heavy atom. The van der Waals surface area contributed by atoms with Crippen molar-refractivity contribution in [1.82, 2.24) is 5.32 Å². The van der Waals surface area contributed by atoms with Gasteiger partial charge in [-0.2, -0.15) is 0 Å². The molecule has 0 spiro atoms. The first-order valence-electron chi connectivity index (χ1n) is 16.8. The molecule has 0 aromatic heterocycles. The van der Waals surface area contributed by atoms with Crippen LogP contribution in [0.15, 0.2) is 64.7 Å². The van der Waals surface area contributed by atoms with Crippen LogP contribution in [0.1, 0.15) is 32.1 Å². The Bertz CT molecular complexity index is 1410. The lowest BCUT2D eigenvalue weighted by atomic mass is 9.83. The van der Waals surface area contributed by atoms with Crippen molar-refractivity contribution < 1.29 is 74.3 Å². The van der Waals surface area contributed by atoms with Gasteiger partial charge >= 0.3 is 11.9 Å². The normalized spacial score (nSPS) is 31.5. The van der Waals surface area contributed by atoms with E-state index in [-0.39, 0.29) is 61.8 Å². The van der Waals surface area contributed by atoms with Crippen LogP contribution in [0.3, 0.4) is 0 Å². The summed E-state index contributed by atoms with van der Waals surface area (Å²) >= 11 is 0. The minimum atomic E-state index is -3.13. The molecular weight excluding hydrogens is 676 g/mol. The maximum absolute atomic E-state index is 13.6. The Kier molecular flexibility index (Phi) is 14.3. The van der Waals surface area contributed by atoms with Crippen LogP contribution in [0.4, 0.5) is 0 Å². The summed E-state index contributed by atoms with van der Waals surface area (Å²) in [5, 5.41) is 82.9. The maximum Gasteiger partial charge on any atom is 0.339 e. The zero-order valence-electron chi connectivity index (χ0n) is 28.0. The lowest BCUT2D eigenvalue weighted by molar-refractivity contribution is -0.843. The second-order valence-corrected chi connectivity index (χ2v) is 12.7. The van der Waals surface area contributed by atoms with Crippen LogP contribution in [0.25, 0.3) is 0 Å². The van der Waals surface area contributed by atoms with Gasteiger partial charge in [0.05, 0.1) is 42.2 Å². The number of carbonyl (C=O) groups excluding carboxylic acids is 1. The quantitative estimate of drug-likeness (QED) is 0.0193. The average Bonchev–Trinajstić information content (AvgIpc) is 3.61. The highest BCUT2D eigenvalue weighted by Crippen LogP contribution is 2.38. The van der Waals surface area contributed by atoms with Crippen molar-refractivity contribution in [3.05, 3.63) is 59.7 Å². The molecular formula is C33H49N4O14+. The summed E-state index contributed by atoms with van der Waals surface area (Å²) in [7, 11) is 0. The number of nitrogens with zero attached hydrogens (tertiary/aromatic N) is 1. The smallest absolute Gasteiger partial charge is 0.339 e. The third kappa shape index (κ3) is 9.60. The summed E-state index contributed by atoms with van der Waals surface area (Å²) < 4.78 is 22.8. The molecule has 1 saturated carbocycles. The Balaban J connectivity index is 1.72. The van der Waals surface area contributed by atoms with Crippen molar-refractivity contribution in [1.29, 1.82) is 0 Å². The Hall–Kier alpha value is -3.69. The van der Waals surface area contributed by atoms with Gasteiger partial charge < -0.3 is 75.8 Å². The molecule has 8 atom stereocenters. The highest BCUT2D eigenvalue weighted by Gasteiger charge is 2.56. The van der Waals surface area contributed by atoms with Crippen molar-refractivity contribution in [3.63, 3.8) is 0 Å². The van der Waals surface area contributed by atoms with Crippen LogP contribution in [0.2, 0.25) is 0 Å². The van der Waals surface area contributed by atoms with Gasteiger partial charge in [0.25, 0.3) is 0 Å². The molecule has 0 aromatic rings. The highest BCUT2D eigenvalue weighted by atomic mass is 16.8. The summed E-state index contributed by atoms with van der Waals surface area (Å²) in [6, 6.07) is 0. The molecule has 0 aromatic carbocycles. The van der Waals surface area contributed by atoms with Crippen molar-refractivity contribution >= 4 is 17.9 Å². The van der Waals surface area contributed by atoms with E-state index in [0.717, 1.165) is 19.1 Å². The third-order valence-corrected chi connectivity index (χ3v) is 9.12. The van der Waals surface area contributed by atoms with Gasteiger partial charge in [-0.25, -0.2) is 9.59 Å². The average molecular weight is 726 g/mol. The molecule has 18 heteroatoms. The summed E-state index contributed by atoms with van der Waals surface area (Å²) in [6.45, 7) is 3.00. The van der Waals surface area contributed by atoms with E-state index in [2.05, 4.69) is 16.9 Å². The Labute approximate surface area is 294 Å². The van der Waals surface area contributed by atoms with Gasteiger partial charge in [-0.3, -0.25) is 4.99 Å². The van der Waals surface area contributed by atoms with Crippen molar-refractivity contribution in [2.75, 3.05) is 39.5 Å². The zero-order chi connectivity index (χ0) is 37.3. The first-order chi connectivity index (χ1) is 24.4. The van der Waals surface area contributed by atoms with E-state index in [0.29, 0.717) is 29.7 Å². The fourth-order valence-electron chi connectivity index (χ4n) is 6.30. The van der Waals surface area contributed by atoms with Crippen molar-refractivity contribution in [2.45, 2.75) is 74.9 Å². The lowest BCUT2D eigenvalue weighted by Crippen LogP contribution is -3.09. The number of carbonyl (C=O) groups is 2. The monoisotopic (exact) mass is 725 g/mol. The zero-order valence-corrected chi connectivity index (χ0v) is 28.0. The van der Waals surface area contributed by atoms with Gasteiger partial charge in [0, 0.05) is 19.1 Å². The number of quaternary nitrogens is 1. The van der Waals surface area contributed by atoms with E-state index in [1.165, 1.54) is 6.08 Å². The molecule has 0 radical (unpaired) electrons. The molecule has 8 unspecified atom stereocenters. The van der Waals surface area contributed by atoms with E-state index < -0.39 is 67.1 Å². The lowest BCUT2D eigenvalue weighted by Gasteiger charge is -2.46. The second kappa shape index (κ2) is 18.2. The van der Waals surface area contributed by atoms with Gasteiger partial charge in [-0.05, 0) is 32.1 Å². The second-order valence-electron chi connectivity index (χ2n) is 12.7. The number of nitrogens with two attached hydrogens (primary N) is 1. The minimum absolute atomic E-state index is 0.00866. The number of aliphatic hydroxyl groups excluding tert-OH is 5. The fourth-order valence-corrected chi connectivity index (χ4v) is 6.30. The summed E-state index contributed by atoms with van der Waals surface area (Å²) in [5.41, 5.74) is 6.47. The largest absolute Gasteiger partial charge is 0.478 e. The number of hydrogen-bond donors (Lipinski definition) is 11. The number of aliphatic hydroxyl groups is 7. The first kappa shape index (κ1) is 40.1. The molecule has 0 bridgehead atoms. The molecule has 3 aliphatic heterocycles. The maximum atomic E-state index is 13.6. The summed E-state index contributed by atoms with van der Waals surface area (Å²) in [5.74, 6) is -7.05. The molecule has 3 heterocycles.